The Morgan fingerprint density at radius 2 is 2.19 bits per heavy atom. The highest BCUT2D eigenvalue weighted by atomic mass is 35.5. The number of ether oxygens (including phenoxy) is 1. The monoisotopic (exact) mass is 241 g/mol. The Balaban J connectivity index is 2.39. The Labute approximate surface area is 101 Å². The van der Waals surface area contributed by atoms with Crippen LogP contribution in [0.2, 0.25) is 0 Å². The number of alkyl halides is 1. The van der Waals surface area contributed by atoms with Crippen molar-refractivity contribution in [3.8, 4) is 5.75 Å². The van der Waals surface area contributed by atoms with Gasteiger partial charge in [-0.3, -0.25) is 4.79 Å². The SMILES string of the molecule is COc1ccccc1CCNC(=O)CCCl. The molecule has 0 atom stereocenters. The van der Waals surface area contributed by atoms with Crippen LogP contribution in [0.25, 0.3) is 0 Å². The average Bonchev–Trinajstić information content (AvgIpc) is 2.30. The molecule has 0 saturated heterocycles. The molecule has 88 valence electrons. The van der Waals surface area contributed by atoms with Crippen LogP contribution < -0.4 is 10.1 Å². The van der Waals surface area contributed by atoms with Gasteiger partial charge < -0.3 is 10.1 Å². The first kappa shape index (κ1) is 12.8. The molecule has 3 nitrogen and oxygen atoms in total. The van der Waals surface area contributed by atoms with Crippen LogP contribution in [0.3, 0.4) is 0 Å². The first-order chi connectivity index (χ1) is 7.77. The molecular weight excluding hydrogens is 226 g/mol. The largest absolute Gasteiger partial charge is 0.496 e. The number of nitrogens with one attached hydrogen (secondary N) is 1. The van der Waals surface area contributed by atoms with E-state index in [1.807, 2.05) is 24.3 Å². The maximum absolute atomic E-state index is 11.2. The predicted molar refractivity (Wildman–Crippen MR) is 65.0 cm³/mol. The molecule has 0 aromatic heterocycles. The van der Waals surface area contributed by atoms with Crippen LogP contribution in [-0.4, -0.2) is 25.4 Å². The van der Waals surface area contributed by atoms with Gasteiger partial charge in [0.1, 0.15) is 5.75 Å². The zero-order chi connectivity index (χ0) is 11.8. The average molecular weight is 242 g/mol. The van der Waals surface area contributed by atoms with Gasteiger partial charge in [0.25, 0.3) is 0 Å². The first-order valence-corrected chi connectivity index (χ1v) is 5.76. The van der Waals surface area contributed by atoms with Gasteiger partial charge in [-0.2, -0.15) is 0 Å². The summed E-state index contributed by atoms with van der Waals surface area (Å²) in [5, 5.41) is 2.80. The zero-order valence-electron chi connectivity index (χ0n) is 9.33. The molecule has 1 aromatic rings. The maximum Gasteiger partial charge on any atom is 0.221 e. The number of hydrogen-bond donors (Lipinski definition) is 1. The summed E-state index contributed by atoms with van der Waals surface area (Å²) in [5.74, 6) is 1.21. The molecule has 1 amide bonds. The first-order valence-electron chi connectivity index (χ1n) is 5.22. The second-order valence-corrected chi connectivity index (χ2v) is 3.73. The van der Waals surface area contributed by atoms with Crippen LogP contribution in [0.4, 0.5) is 0 Å². The van der Waals surface area contributed by atoms with Crippen molar-refractivity contribution < 1.29 is 9.53 Å². The van der Waals surface area contributed by atoms with E-state index in [0.29, 0.717) is 18.8 Å². The molecule has 0 aliphatic rings. The lowest BCUT2D eigenvalue weighted by atomic mass is 10.1. The number of para-hydroxylation sites is 1. The highest BCUT2D eigenvalue weighted by molar-refractivity contribution is 6.18. The third-order valence-electron chi connectivity index (χ3n) is 2.23. The van der Waals surface area contributed by atoms with Crippen molar-refractivity contribution in [1.29, 1.82) is 0 Å². The lowest BCUT2D eigenvalue weighted by Gasteiger charge is -2.08. The van der Waals surface area contributed by atoms with E-state index in [1.54, 1.807) is 7.11 Å². The highest BCUT2D eigenvalue weighted by Crippen LogP contribution is 2.17. The number of halogens is 1. The zero-order valence-corrected chi connectivity index (χ0v) is 10.1. The van der Waals surface area contributed by atoms with Gasteiger partial charge >= 0.3 is 0 Å². The summed E-state index contributed by atoms with van der Waals surface area (Å²) in [7, 11) is 1.64. The summed E-state index contributed by atoms with van der Waals surface area (Å²) < 4.78 is 5.22. The van der Waals surface area contributed by atoms with Gasteiger partial charge in [-0.15, -0.1) is 11.6 Å². The molecule has 0 fully saturated rings. The van der Waals surface area contributed by atoms with Crippen LogP contribution in [0, 0.1) is 0 Å². The second kappa shape index (κ2) is 7.12. The van der Waals surface area contributed by atoms with Crippen molar-refractivity contribution in [3.63, 3.8) is 0 Å². The Hall–Kier alpha value is -1.22. The number of rotatable bonds is 6. The van der Waals surface area contributed by atoms with E-state index in [1.165, 1.54) is 0 Å². The molecule has 1 rings (SSSR count). The molecule has 16 heavy (non-hydrogen) atoms. The molecule has 1 N–H and O–H groups in total. The van der Waals surface area contributed by atoms with Crippen LogP contribution in [0.1, 0.15) is 12.0 Å². The van der Waals surface area contributed by atoms with E-state index in [-0.39, 0.29) is 5.91 Å². The smallest absolute Gasteiger partial charge is 0.221 e. The molecular formula is C12H16ClNO2. The molecule has 0 heterocycles. The van der Waals surface area contributed by atoms with Crippen molar-refractivity contribution in [1.82, 2.24) is 5.32 Å². The molecule has 0 unspecified atom stereocenters. The van der Waals surface area contributed by atoms with Gasteiger partial charge in [-0.1, -0.05) is 18.2 Å². The molecule has 0 radical (unpaired) electrons. The minimum Gasteiger partial charge on any atom is -0.496 e. The molecule has 0 saturated carbocycles. The van der Waals surface area contributed by atoms with Crippen LogP contribution in [0.5, 0.6) is 5.75 Å². The summed E-state index contributed by atoms with van der Waals surface area (Å²) in [6.07, 6.45) is 1.13. The lowest BCUT2D eigenvalue weighted by molar-refractivity contribution is -0.120. The molecule has 4 heteroatoms. The lowest BCUT2D eigenvalue weighted by Crippen LogP contribution is -2.25. The Kier molecular flexibility index (Phi) is 5.72. The minimum atomic E-state index is -0.00935. The fourth-order valence-corrected chi connectivity index (χ4v) is 1.59. The summed E-state index contributed by atoms with van der Waals surface area (Å²) >= 11 is 5.46. The van der Waals surface area contributed by atoms with E-state index in [2.05, 4.69) is 5.32 Å². The maximum atomic E-state index is 11.2. The van der Waals surface area contributed by atoms with Gasteiger partial charge in [0.05, 0.1) is 7.11 Å². The quantitative estimate of drug-likeness (QED) is 0.774. The van der Waals surface area contributed by atoms with Crippen LogP contribution in [0.15, 0.2) is 24.3 Å². The number of amides is 1. The van der Waals surface area contributed by atoms with Crippen molar-refractivity contribution >= 4 is 17.5 Å². The standard InChI is InChI=1S/C12H16ClNO2/c1-16-11-5-3-2-4-10(11)7-9-14-12(15)6-8-13/h2-5H,6-9H2,1H3,(H,14,15). The van der Waals surface area contributed by atoms with Gasteiger partial charge in [0, 0.05) is 18.8 Å². The Bertz CT molecular complexity index is 342. The van der Waals surface area contributed by atoms with E-state index >= 15 is 0 Å². The number of carbonyl (C=O) groups excluding carboxylic acids is 1. The highest BCUT2D eigenvalue weighted by Gasteiger charge is 2.03. The van der Waals surface area contributed by atoms with Crippen LogP contribution in [-0.2, 0) is 11.2 Å². The predicted octanol–water partition coefficient (Wildman–Crippen LogP) is 1.98. The number of hydrogen-bond acceptors (Lipinski definition) is 2. The molecule has 0 aliphatic carbocycles. The van der Waals surface area contributed by atoms with Gasteiger partial charge in [0.2, 0.25) is 5.91 Å². The van der Waals surface area contributed by atoms with Gasteiger partial charge in [0.15, 0.2) is 0 Å². The molecule has 0 bridgehead atoms. The summed E-state index contributed by atoms with van der Waals surface area (Å²) in [5.41, 5.74) is 1.09. The topological polar surface area (TPSA) is 38.3 Å². The summed E-state index contributed by atoms with van der Waals surface area (Å²) in [6.45, 7) is 0.607. The van der Waals surface area contributed by atoms with E-state index in [0.717, 1.165) is 17.7 Å². The molecule has 0 aliphatic heterocycles. The van der Waals surface area contributed by atoms with Crippen molar-refractivity contribution in [3.05, 3.63) is 29.8 Å². The number of carbonyl (C=O) groups is 1. The van der Waals surface area contributed by atoms with E-state index in [9.17, 15) is 4.79 Å². The van der Waals surface area contributed by atoms with Crippen LogP contribution >= 0.6 is 11.6 Å². The number of benzene rings is 1. The Morgan fingerprint density at radius 3 is 2.88 bits per heavy atom. The van der Waals surface area contributed by atoms with E-state index < -0.39 is 0 Å². The fourth-order valence-electron chi connectivity index (χ4n) is 1.42. The second-order valence-electron chi connectivity index (χ2n) is 3.35. The van der Waals surface area contributed by atoms with Crippen molar-refractivity contribution in [2.24, 2.45) is 0 Å². The molecule has 0 spiro atoms. The van der Waals surface area contributed by atoms with Crippen molar-refractivity contribution in [2.75, 3.05) is 19.5 Å². The fraction of sp³-hybridized carbons (Fsp3) is 0.417. The van der Waals surface area contributed by atoms with E-state index in [4.69, 9.17) is 16.3 Å². The van der Waals surface area contributed by atoms with Gasteiger partial charge in [-0.05, 0) is 18.1 Å². The number of methoxy groups -OCH3 is 1. The minimum absolute atomic E-state index is 0.00935. The third-order valence-corrected chi connectivity index (χ3v) is 2.42. The van der Waals surface area contributed by atoms with Crippen molar-refractivity contribution in [2.45, 2.75) is 12.8 Å². The Morgan fingerprint density at radius 1 is 1.44 bits per heavy atom. The van der Waals surface area contributed by atoms with Gasteiger partial charge in [-0.25, -0.2) is 0 Å². The third kappa shape index (κ3) is 4.11. The summed E-state index contributed by atoms with van der Waals surface area (Å²) in [4.78, 5) is 11.2. The molecule has 1 aromatic carbocycles. The summed E-state index contributed by atoms with van der Waals surface area (Å²) in [6, 6.07) is 7.79. The normalized spacial score (nSPS) is 9.88.